The average molecular weight is 477 g/mol. The lowest BCUT2D eigenvalue weighted by Gasteiger charge is -2.44. The predicted molar refractivity (Wildman–Crippen MR) is 131 cm³/mol. The van der Waals surface area contributed by atoms with Crippen molar-refractivity contribution in [2.75, 3.05) is 0 Å². The van der Waals surface area contributed by atoms with Crippen LogP contribution in [0.3, 0.4) is 0 Å². The van der Waals surface area contributed by atoms with Gasteiger partial charge >= 0.3 is 0 Å². The van der Waals surface area contributed by atoms with Gasteiger partial charge in [0, 0.05) is 10.0 Å². The molecular weight excluding hydrogens is 455 g/mol. The first-order chi connectivity index (χ1) is 15.9. The standard InChI is InChI=1S/C28H22Cl2O3/c1-26-14-2-3-15-27(26)32-25(24(26)31)28(33-27)20(16-18-4-10-22(29)11-5-18)8-9-21(28)17-19-6-12-23(30)13-7-19/h2-7,10-17,25H,8-9H2,1H3/b20-16+,21-17+/t25-,26+,27-/m0/s1. The fourth-order valence-electron chi connectivity index (χ4n) is 5.55. The highest BCUT2D eigenvalue weighted by molar-refractivity contribution is 6.30. The number of rotatable bonds is 2. The van der Waals surface area contributed by atoms with Crippen LogP contribution in [0.5, 0.6) is 0 Å². The van der Waals surface area contributed by atoms with Gasteiger partial charge < -0.3 is 9.47 Å². The third kappa shape index (κ3) is 2.93. The van der Waals surface area contributed by atoms with E-state index in [9.17, 15) is 4.79 Å². The molecule has 33 heavy (non-hydrogen) atoms. The molecule has 2 spiro atoms. The Kier molecular flexibility index (Phi) is 4.66. The Bertz CT molecular complexity index is 1210. The fourth-order valence-corrected chi connectivity index (χ4v) is 5.81. The molecule has 2 aromatic rings. The molecule has 0 radical (unpaired) electrons. The van der Waals surface area contributed by atoms with Gasteiger partial charge in [0.15, 0.2) is 11.9 Å². The molecule has 2 aliphatic heterocycles. The van der Waals surface area contributed by atoms with Crippen LogP contribution in [-0.4, -0.2) is 23.3 Å². The van der Waals surface area contributed by atoms with E-state index in [1.807, 2.05) is 79.8 Å². The second-order valence-corrected chi connectivity index (χ2v) is 10.1. The molecule has 4 aliphatic rings. The number of carbonyl (C=O) groups is 1. The van der Waals surface area contributed by atoms with Gasteiger partial charge in [-0.05, 0) is 72.4 Å². The number of hydrogen-bond donors (Lipinski definition) is 0. The molecule has 3 nitrogen and oxygen atoms in total. The summed E-state index contributed by atoms with van der Waals surface area (Å²) < 4.78 is 13.4. The van der Waals surface area contributed by atoms with Gasteiger partial charge in [-0.25, -0.2) is 0 Å². The van der Waals surface area contributed by atoms with Crippen LogP contribution in [0.1, 0.15) is 30.9 Å². The van der Waals surface area contributed by atoms with Crippen LogP contribution >= 0.6 is 23.2 Å². The maximum atomic E-state index is 13.8. The largest absolute Gasteiger partial charge is 0.330 e. The van der Waals surface area contributed by atoms with Crippen LogP contribution in [-0.2, 0) is 14.3 Å². The van der Waals surface area contributed by atoms with E-state index >= 15 is 0 Å². The van der Waals surface area contributed by atoms with Crippen molar-refractivity contribution in [3.8, 4) is 0 Å². The SMILES string of the molecule is C[C@]12C=CC=C[C@@]13O[C@@H](C2=O)C1(O3)/C(=C/c2ccc(Cl)cc2)CC/C1=C\c1ccc(Cl)cc1. The Morgan fingerprint density at radius 3 is 1.91 bits per heavy atom. The lowest BCUT2D eigenvalue weighted by molar-refractivity contribution is -0.182. The molecule has 2 bridgehead atoms. The maximum Gasteiger partial charge on any atom is 0.206 e. The topological polar surface area (TPSA) is 35.5 Å². The van der Waals surface area contributed by atoms with Crippen molar-refractivity contribution in [1.82, 2.24) is 0 Å². The molecule has 2 aliphatic carbocycles. The van der Waals surface area contributed by atoms with E-state index in [1.165, 1.54) is 0 Å². The van der Waals surface area contributed by atoms with Gasteiger partial charge in [-0.2, -0.15) is 0 Å². The summed E-state index contributed by atoms with van der Waals surface area (Å²) in [4.78, 5) is 13.8. The second-order valence-electron chi connectivity index (χ2n) is 9.23. The van der Waals surface area contributed by atoms with Gasteiger partial charge in [-0.1, -0.05) is 77.8 Å². The maximum absolute atomic E-state index is 13.8. The minimum atomic E-state index is -1.11. The number of benzene rings is 2. The summed E-state index contributed by atoms with van der Waals surface area (Å²) in [7, 11) is 0. The van der Waals surface area contributed by atoms with Crippen LogP contribution in [0.25, 0.3) is 12.2 Å². The van der Waals surface area contributed by atoms with Crippen molar-refractivity contribution in [2.24, 2.45) is 5.41 Å². The van der Waals surface area contributed by atoms with Gasteiger partial charge in [0.25, 0.3) is 0 Å². The van der Waals surface area contributed by atoms with Gasteiger partial charge in [-0.15, -0.1) is 0 Å². The summed E-state index contributed by atoms with van der Waals surface area (Å²) in [5.74, 6) is -1.05. The number of hydrogen-bond acceptors (Lipinski definition) is 3. The van der Waals surface area contributed by atoms with Crippen LogP contribution in [0.2, 0.25) is 10.0 Å². The number of allylic oxidation sites excluding steroid dienone is 2. The Hall–Kier alpha value is -2.43. The molecule has 2 heterocycles. The van der Waals surface area contributed by atoms with Crippen molar-refractivity contribution in [3.63, 3.8) is 0 Å². The van der Waals surface area contributed by atoms with E-state index in [0.29, 0.717) is 10.0 Å². The van der Waals surface area contributed by atoms with E-state index < -0.39 is 22.9 Å². The number of ether oxygens (including phenoxy) is 2. The van der Waals surface area contributed by atoms with Gasteiger partial charge in [-0.3, -0.25) is 4.79 Å². The number of carbonyl (C=O) groups excluding carboxylic acids is 1. The van der Waals surface area contributed by atoms with Crippen molar-refractivity contribution < 1.29 is 14.3 Å². The normalized spacial score (nSPS) is 36.5. The highest BCUT2D eigenvalue weighted by Crippen LogP contribution is 2.65. The second kappa shape index (κ2) is 7.28. The van der Waals surface area contributed by atoms with E-state index in [0.717, 1.165) is 35.1 Å². The third-order valence-corrected chi connectivity index (χ3v) is 7.85. The zero-order valence-corrected chi connectivity index (χ0v) is 19.6. The average Bonchev–Trinajstić information content (AvgIpc) is 3.40. The Morgan fingerprint density at radius 2 is 1.36 bits per heavy atom. The smallest absolute Gasteiger partial charge is 0.206 e. The van der Waals surface area contributed by atoms with Crippen LogP contribution in [0.15, 0.2) is 84.0 Å². The third-order valence-electron chi connectivity index (χ3n) is 7.34. The number of halogens is 2. The predicted octanol–water partition coefficient (Wildman–Crippen LogP) is 6.82. The number of Topliss-reactive ketones (excluding diaryl/α,β-unsaturated/α-hetero) is 1. The lowest BCUT2D eigenvalue weighted by atomic mass is 9.68. The Morgan fingerprint density at radius 1 is 0.848 bits per heavy atom. The summed E-state index contributed by atoms with van der Waals surface area (Å²) in [5, 5.41) is 1.37. The molecule has 0 amide bonds. The summed E-state index contributed by atoms with van der Waals surface area (Å²) >= 11 is 12.2. The molecule has 3 atom stereocenters. The summed E-state index contributed by atoms with van der Waals surface area (Å²) in [6.45, 7) is 1.91. The van der Waals surface area contributed by atoms with Gasteiger partial charge in [0.05, 0.1) is 0 Å². The Labute approximate surface area is 203 Å². The first-order valence-corrected chi connectivity index (χ1v) is 11.8. The number of fused-ring (bicyclic) bond motifs is 2. The molecular formula is C28H22Cl2O3. The fraction of sp³-hybridized carbons (Fsp3) is 0.250. The van der Waals surface area contributed by atoms with Crippen LogP contribution in [0, 0.1) is 5.41 Å². The molecule has 6 rings (SSSR count). The van der Waals surface area contributed by atoms with Gasteiger partial charge in [0.2, 0.25) is 5.79 Å². The van der Waals surface area contributed by atoms with Crippen molar-refractivity contribution >= 4 is 41.1 Å². The molecule has 5 heteroatoms. The molecule has 0 aromatic heterocycles. The zero-order valence-electron chi connectivity index (χ0n) is 18.1. The minimum Gasteiger partial charge on any atom is -0.330 e. The van der Waals surface area contributed by atoms with E-state index in [1.54, 1.807) is 0 Å². The van der Waals surface area contributed by atoms with Crippen LogP contribution in [0.4, 0.5) is 0 Å². The lowest BCUT2D eigenvalue weighted by Crippen LogP contribution is -2.58. The molecule has 166 valence electrons. The first kappa shape index (κ1) is 21.1. The van der Waals surface area contributed by atoms with E-state index in [-0.39, 0.29) is 5.78 Å². The number of ketones is 1. The first-order valence-electron chi connectivity index (χ1n) is 11.1. The molecule has 1 saturated carbocycles. The van der Waals surface area contributed by atoms with Crippen molar-refractivity contribution in [2.45, 2.75) is 37.3 Å². The molecule has 0 N–H and O–H groups in total. The minimum absolute atomic E-state index is 0.0558. The summed E-state index contributed by atoms with van der Waals surface area (Å²) in [6.07, 6.45) is 12.7. The van der Waals surface area contributed by atoms with E-state index in [4.69, 9.17) is 32.7 Å². The quantitative estimate of drug-likeness (QED) is 0.476. The molecule has 2 aromatic carbocycles. The van der Waals surface area contributed by atoms with Crippen molar-refractivity contribution in [1.29, 1.82) is 0 Å². The monoisotopic (exact) mass is 476 g/mol. The van der Waals surface area contributed by atoms with E-state index in [2.05, 4.69) is 12.2 Å². The van der Waals surface area contributed by atoms with Gasteiger partial charge in [0.1, 0.15) is 11.0 Å². The Balaban J connectivity index is 1.52. The highest BCUT2D eigenvalue weighted by Gasteiger charge is 2.77. The summed E-state index contributed by atoms with van der Waals surface area (Å²) in [6, 6.07) is 15.4. The zero-order chi connectivity index (χ0) is 22.8. The molecule has 2 saturated heterocycles. The summed E-state index contributed by atoms with van der Waals surface area (Å²) in [5.41, 5.74) is 2.34. The highest BCUT2D eigenvalue weighted by atomic mass is 35.5. The molecule has 0 unspecified atom stereocenters. The molecule has 3 fully saturated rings. The van der Waals surface area contributed by atoms with Crippen molar-refractivity contribution in [3.05, 3.63) is 105 Å². The van der Waals surface area contributed by atoms with Crippen LogP contribution < -0.4 is 0 Å².